The van der Waals surface area contributed by atoms with Gasteiger partial charge in [0.1, 0.15) is 5.76 Å². The van der Waals surface area contributed by atoms with Gasteiger partial charge in [-0.2, -0.15) is 0 Å². The van der Waals surface area contributed by atoms with E-state index in [-0.39, 0.29) is 0 Å². The first-order valence-electron chi connectivity index (χ1n) is 6.90. The third kappa shape index (κ3) is 4.46. The quantitative estimate of drug-likeness (QED) is 0.807. The van der Waals surface area contributed by atoms with Crippen LogP contribution in [-0.2, 0) is 13.1 Å². The molecule has 1 N–H and O–H groups in total. The Balaban J connectivity index is 2.59. The number of rotatable bonds is 7. The number of nitrogens with one attached hydrogen (secondary N) is 1. The molecule has 104 valence electrons. The first kappa shape index (κ1) is 15.3. The normalized spacial score (nSPS) is 13.8. The lowest BCUT2D eigenvalue weighted by Crippen LogP contribution is -2.33. The van der Waals surface area contributed by atoms with Crippen molar-refractivity contribution in [1.29, 1.82) is 0 Å². The SMILES string of the molecule is CC(C)NCc1ccoc1CN(C)C(C)C(C)C. The monoisotopic (exact) mass is 252 g/mol. The fourth-order valence-electron chi connectivity index (χ4n) is 1.86. The average molecular weight is 252 g/mol. The molecule has 0 saturated carbocycles. The molecular weight excluding hydrogens is 224 g/mol. The summed E-state index contributed by atoms with van der Waals surface area (Å²) in [5.41, 5.74) is 1.27. The molecular formula is C15H28N2O. The highest BCUT2D eigenvalue weighted by Crippen LogP contribution is 2.16. The van der Waals surface area contributed by atoms with Crippen LogP contribution in [0.25, 0.3) is 0 Å². The highest BCUT2D eigenvalue weighted by molar-refractivity contribution is 5.17. The average Bonchev–Trinajstić information content (AvgIpc) is 2.72. The lowest BCUT2D eigenvalue weighted by atomic mass is 10.0. The van der Waals surface area contributed by atoms with E-state index in [0.29, 0.717) is 18.0 Å². The molecule has 1 unspecified atom stereocenters. The van der Waals surface area contributed by atoms with Gasteiger partial charge in [0.25, 0.3) is 0 Å². The number of furan rings is 1. The van der Waals surface area contributed by atoms with Crippen molar-refractivity contribution in [3.05, 3.63) is 23.7 Å². The van der Waals surface area contributed by atoms with Gasteiger partial charge >= 0.3 is 0 Å². The summed E-state index contributed by atoms with van der Waals surface area (Å²) in [5.74, 6) is 1.74. The van der Waals surface area contributed by atoms with Crippen molar-refractivity contribution < 1.29 is 4.42 Å². The zero-order valence-electron chi connectivity index (χ0n) is 12.7. The number of hydrogen-bond acceptors (Lipinski definition) is 3. The predicted molar refractivity (Wildman–Crippen MR) is 76.5 cm³/mol. The molecule has 0 bridgehead atoms. The van der Waals surface area contributed by atoms with Gasteiger partial charge in [0.2, 0.25) is 0 Å². The third-order valence-electron chi connectivity index (χ3n) is 3.59. The summed E-state index contributed by atoms with van der Waals surface area (Å²) < 4.78 is 5.62. The van der Waals surface area contributed by atoms with Gasteiger partial charge in [-0.15, -0.1) is 0 Å². The standard InChI is InChI=1S/C15H28N2O/c1-11(2)13(5)17(6)10-15-14(7-8-18-15)9-16-12(3)4/h7-8,11-13,16H,9-10H2,1-6H3. The molecule has 0 fully saturated rings. The largest absolute Gasteiger partial charge is 0.468 e. The van der Waals surface area contributed by atoms with E-state index in [4.69, 9.17) is 4.42 Å². The molecule has 0 spiro atoms. The van der Waals surface area contributed by atoms with Gasteiger partial charge in [-0.25, -0.2) is 0 Å². The van der Waals surface area contributed by atoms with E-state index in [9.17, 15) is 0 Å². The molecule has 1 rings (SSSR count). The summed E-state index contributed by atoms with van der Waals surface area (Å²) in [4.78, 5) is 2.35. The maximum Gasteiger partial charge on any atom is 0.122 e. The molecule has 0 amide bonds. The molecule has 1 heterocycles. The van der Waals surface area contributed by atoms with E-state index in [0.717, 1.165) is 18.8 Å². The van der Waals surface area contributed by atoms with Crippen LogP contribution >= 0.6 is 0 Å². The van der Waals surface area contributed by atoms with Crippen molar-refractivity contribution in [1.82, 2.24) is 10.2 Å². The summed E-state index contributed by atoms with van der Waals surface area (Å²) >= 11 is 0. The molecule has 0 aliphatic carbocycles. The van der Waals surface area contributed by atoms with Crippen LogP contribution in [0.2, 0.25) is 0 Å². The molecule has 3 nitrogen and oxygen atoms in total. The number of nitrogens with zero attached hydrogens (tertiary/aromatic N) is 1. The Morgan fingerprint density at radius 2 is 1.89 bits per heavy atom. The summed E-state index contributed by atoms with van der Waals surface area (Å²) in [6, 6.07) is 3.12. The van der Waals surface area contributed by atoms with E-state index >= 15 is 0 Å². The van der Waals surface area contributed by atoms with Crippen LogP contribution in [0.3, 0.4) is 0 Å². The Morgan fingerprint density at radius 1 is 1.22 bits per heavy atom. The van der Waals surface area contributed by atoms with Gasteiger partial charge in [0, 0.05) is 24.2 Å². The van der Waals surface area contributed by atoms with Gasteiger partial charge in [-0.05, 0) is 26.0 Å². The van der Waals surface area contributed by atoms with Gasteiger partial charge < -0.3 is 9.73 Å². The van der Waals surface area contributed by atoms with Crippen LogP contribution < -0.4 is 5.32 Å². The Kier molecular flexibility index (Phi) is 5.89. The van der Waals surface area contributed by atoms with Crippen molar-refractivity contribution in [2.24, 2.45) is 5.92 Å². The van der Waals surface area contributed by atoms with Gasteiger partial charge in [-0.1, -0.05) is 27.7 Å². The predicted octanol–water partition coefficient (Wildman–Crippen LogP) is 3.25. The van der Waals surface area contributed by atoms with Crippen molar-refractivity contribution in [2.45, 2.75) is 59.8 Å². The van der Waals surface area contributed by atoms with E-state index in [1.807, 2.05) is 0 Å². The lowest BCUT2D eigenvalue weighted by Gasteiger charge is -2.27. The highest BCUT2D eigenvalue weighted by Gasteiger charge is 2.16. The second-order valence-electron chi connectivity index (χ2n) is 5.80. The van der Waals surface area contributed by atoms with Crippen LogP contribution in [0.1, 0.15) is 45.9 Å². The minimum Gasteiger partial charge on any atom is -0.468 e. The number of hydrogen-bond donors (Lipinski definition) is 1. The third-order valence-corrected chi connectivity index (χ3v) is 3.59. The topological polar surface area (TPSA) is 28.4 Å². The molecule has 0 aliphatic heterocycles. The van der Waals surface area contributed by atoms with Gasteiger partial charge in [0.05, 0.1) is 12.8 Å². The van der Waals surface area contributed by atoms with E-state index in [2.05, 4.69) is 57.9 Å². The summed E-state index contributed by atoms with van der Waals surface area (Å²) in [5, 5.41) is 3.43. The molecule has 1 atom stereocenters. The smallest absolute Gasteiger partial charge is 0.122 e. The first-order valence-corrected chi connectivity index (χ1v) is 6.90. The summed E-state index contributed by atoms with van der Waals surface area (Å²) in [7, 11) is 2.16. The van der Waals surface area contributed by atoms with Gasteiger partial charge in [0.15, 0.2) is 0 Å². The Morgan fingerprint density at radius 3 is 2.44 bits per heavy atom. The Labute approximate surface area is 112 Å². The molecule has 1 aromatic rings. The van der Waals surface area contributed by atoms with Crippen LogP contribution in [0.15, 0.2) is 16.7 Å². The fraction of sp³-hybridized carbons (Fsp3) is 0.733. The minimum absolute atomic E-state index is 0.500. The Hall–Kier alpha value is -0.800. The first-order chi connectivity index (χ1) is 8.41. The zero-order valence-corrected chi connectivity index (χ0v) is 12.7. The van der Waals surface area contributed by atoms with Crippen molar-refractivity contribution >= 4 is 0 Å². The van der Waals surface area contributed by atoms with Crippen molar-refractivity contribution in [3.63, 3.8) is 0 Å². The molecule has 0 aliphatic rings. The van der Waals surface area contributed by atoms with Crippen LogP contribution in [0.4, 0.5) is 0 Å². The second kappa shape index (κ2) is 6.95. The van der Waals surface area contributed by atoms with Crippen molar-refractivity contribution in [3.8, 4) is 0 Å². The fourth-order valence-corrected chi connectivity index (χ4v) is 1.86. The van der Waals surface area contributed by atoms with Crippen LogP contribution in [-0.4, -0.2) is 24.0 Å². The lowest BCUT2D eigenvalue weighted by molar-refractivity contribution is 0.186. The zero-order chi connectivity index (χ0) is 13.7. The maximum absolute atomic E-state index is 5.62. The van der Waals surface area contributed by atoms with E-state index < -0.39 is 0 Å². The minimum atomic E-state index is 0.500. The van der Waals surface area contributed by atoms with Crippen LogP contribution in [0.5, 0.6) is 0 Å². The molecule has 18 heavy (non-hydrogen) atoms. The molecule has 1 aromatic heterocycles. The molecule has 0 saturated heterocycles. The van der Waals surface area contributed by atoms with Crippen LogP contribution in [0, 0.1) is 5.92 Å². The summed E-state index contributed by atoms with van der Waals surface area (Å²) in [6.07, 6.45) is 1.79. The Bertz CT molecular complexity index is 344. The van der Waals surface area contributed by atoms with E-state index in [1.54, 1.807) is 6.26 Å². The van der Waals surface area contributed by atoms with Gasteiger partial charge in [-0.3, -0.25) is 4.90 Å². The molecule has 3 heteroatoms. The molecule has 0 radical (unpaired) electrons. The second-order valence-corrected chi connectivity index (χ2v) is 5.80. The summed E-state index contributed by atoms with van der Waals surface area (Å²) in [6.45, 7) is 12.9. The highest BCUT2D eigenvalue weighted by atomic mass is 16.3. The van der Waals surface area contributed by atoms with Crippen molar-refractivity contribution in [2.75, 3.05) is 7.05 Å². The van der Waals surface area contributed by atoms with E-state index in [1.165, 1.54) is 5.56 Å². The molecule has 0 aromatic carbocycles. The maximum atomic E-state index is 5.62.